The smallest absolute Gasteiger partial charge is 0.0923 e. The van der Waals surface area contributed by atoms with Gasteiger partial charge < -0.3 is 0 Å². The number of aromatic nitrogens is 2. The Labute approximate surface area is 72.6 Å². The van der Waals surface area contributed by atoms with E-state index in [2.05, 4.69) is 29.8 Å². The molecule has 2 nitrogen and oxygen atoms in total. The molecule has 0 bridgehead atoms. The lowest BCUT2D eigenvalue weighted by molar-refractivity contribution is 1.01. The zero-order chi connectivity index (χ0) is 8.81. The van der Waals surface area contributed by atoms with E-state index in [-0.39, 0.29) is 0 Å². The van der Waals surface area contributed by atoms with E-state index in [0.717, 1.165) is 17.7 Å². The highest BCUT2D eigenvalue weighted by atomic mass is 15.1. The van der Waals surface area contributed by atoms with Crippen molar-refractivity contribution in [1.29, 1.82) is 0 Å². The monoisotopic (exact) mass is 160 g/mol. The summed E-state index contributed by atoms with van der Waals surface area (Å²) >= 11 is 0. The molecule has 0 aliphatic rings. The molecule has 1 aromatic heterocycles. The maximum Gasteiger partial charge on any atom is 0.0923 e. The summed E-state index contributed by atoms with van der Waals surface area (Å²) in [6.45, 7) is 5.76. The summed E-state index contributed by atoms with van der Waals surface area (Å²) in [6.07, 6.45) is 8.54. The minimum Gasteiger partial charge on any atom is -0.159 e. The molecule has 2 heteroatoms. The van der Waals surface area contributed by atoms with Gasteiger partial charge >= 0.3 is 0 Å². The number of nitrogens with zero attached hydrogens (tertiary/aromatic N) is 2. The Morgan fingerprint density at radius 3 is 3.08 bits per heavy atom. The van der Waals surface area contributed by atoms with Crippen molar-refractivity contribution in [2.75, 3.05) is 0 Å². The largest absolute Gasteiger partial charge is 0.159 e. The molecule has 0 aliphatic heterocycles. The van der Waals surface area contributed by atoms with Gasteiger partial charge in [0.05, 0.1) is 11.9 Å². The molecule has 0 spiro atoms. The van der Waals surface area contributed by atoms with Crippen molar-refractivity contribution in [2.24, 2.45) is 0 Å². The van der Waals surface area contributed by atoms with Crippen LogP contribution < -0.4 is 0 Å². The Hall–Kier alpha value is -1.44. The number of hydrogen-bond donors (Lipinski definition) is 0. The second kappa shape index (κ2) is 4.44. The van der Waals surface area contributed by atoms with E-state index in [1.165, 1.54) is 0 Å². The number of rotatable bonds is 3. The van der Waals surface area contributed by atoms with E-state index >= 15 is 0 Å². The fourth-order valence-electron chi connectivity index (χ4n) is 0.897. The SMILES string of the molecule is C=Cc1nnccc1/C=C\CC. The molecular formula is C10H12N2. The first kappa shape index (κ1) is 8.65. The molecule has 0 aliphatic carbocycles. The second-order valence-corrected chi connectivity index (χ2v) is 2.39. The van der Waals surface area contributed by atoms with Gasteiger partial charge in [-0.15, -0.1) is 0 Å². The summed E-state index contributed by atoms with van der Waals surface area (Å²) in [5.41, 5.74) is 1.91. The summed E-state index contributed by atoms with van der Waals surface area (Å²) in [5.74, 6) is 0. The Kier molecular flexibility index (Phi) is 3.20. The van der Waals surface area contributed by atoms with Crippen LogP contribution in [0.3, 0.4) is 0 Å². The molecule has 0 aromatic carbocycles. The Bertz CT molecular complexity index is 290. The Morgan fingerprint density at radius 2 is 2.42 bits per heavy atom. The van der Waals surface area contributed by atoms with Crippen LogP contribution in [0.2, 0.25) is 0 Å². The molecule has 0 atom stereocenters. The molecule has 0 saturated heterocycles. The van der Waals surface area contributed by atoms with Gasteiger partial charge in [-0.2, -0.15) is 10.2 Å². The van der Waals surface area contributed by atoms with E-state index in [9.17, 15) is 0 Å². The molecule has 0 amide bonds. The van der Waals surface area contributed by atoms with Crippen molar-refractivity contribution >= 4 is 12.2 Å². The minimum atomic E-state index is 0.835. The van der Waals surface area contributed by atoms with Crippen LogP contribution in [0.25, 0.3) is 12.2 Å². The molecule has 0 unspecified atom stereocenters. The van der Waals surface area contributed by atoms with Gasteiger partial charge in [-0.25, -0.2) is 0 Å². The van der Waals surface area contributed by atoms with Crippen molar-refractivity contribution in [3.8, 4) is 0 Å². The molecule has 0 radical (unpaired) electrons. The van der Waals surface area contributed by atoms with Crippen LogP contribution in [0.15, 0.2) is 24.9 Å². The summed E-state index contributed by atoms with van der Waals surface area (Å²) in [6, 6.07) is 1.93. The molecule has 1 heterocycles. The minimum absolute atomic E-state index is 0.835. The van der Waals surface area contributed by atoms with Crippen LogP contribution in [0, 0.1) is 0 Å². The molecule has 0 N–H and O–H groups in total. The lowest BCUT2D eigenvalue weighted by Gasteiger charge is -1.95. The van der Waals surface area contributed by atoms with Crippen molar-refractivity contribution in [3.63, 3.8) is 0 Å². The molecular weight excluding hydrogens is 148 g/mol. The van der Waals surface area contributed by atoms with E-state index in [0.29, 0.717) is 0 Å². The average molecular weight is 160 g/mol. The van der Waals surface area contributed by atoms with Crippen LogP contribution in [0.4, 0.5) is 0 Å². The summed E-state index contributed by atoms with van der Waals surface area (Å²) in [4.78, 5) is 0. The third-order valence-corrected chi connectivity index (χ3v) is 1.51. The van der Waals surface area contributed by atoms with Crippen molar-refractivity contribution in [3.05, 3.63) is 36.2 Å². The summed E-state index contributed by atoms with van der Waals surface area (Å²) in [5, 5.41) is 7.70. The molecule has 1 aromatic rings. The van der Waals surface area contributed by atoms with Crippen LogP contribution in [0.1, 0.15) is 24.6 Å². The van der Waals surface area contributed by atoms with Gasteiger partial charge in [0.1, 0.15) is 0 Å². The number of allylic oxidation sites excluding steroid dienone is 1. The van der Waals surface area contributed by atoms with Gasteiger partial charge in [0.2, 0.25) is 0 Å². The van der Waals surface area contributed by atoms with E-state index in [4.69, 9.17) is 0 Å². The molecule has 12 heavy (non-hydrogen) atoms. The van der Waals surface area contributed by atoms with Gasteiger partial charge in [0.25, 0.3) is 0 Å². The molecule has 0 saturated carbocycles. The fraction of sp³-hybridized carbons (Fsp3) is 0.200. The standard InChI is InChI=1S/C10H12N2/c1-3-5-6-9-7-8-11-12-10(9)4-2/h4-8H,2-3H2,1H3/b6-5-. The highest BCUT2D eigenvalue weighted by Gasteiger charge is 1.93. The van der Waals surface area contributed by atoms with Crippen LogP contribution in [-0.4, -0.2) is 10.2 Å². The number of hydrogen-bond acceptors (Lipinski definition) is 2. The van der Waals surface area contributed by atoms with E-state index in [1.54, 1.807) is 12.3 Å². The van der Waals surface area contributed by atoms with Crippen LogP contribution in [-0.2, 0) is 0 Å². The zero-order valence-electron chi connectivity index (χ0n) is 7.20. The lowest BCUT2D eigenvalue weighted by Crippen LogP contribution is -1.88. The normalized spacial score (nSPS) is 10.4. The fourth-order valence-corrected chi connectivity index (χ4v) is 0.897. The van der Waals surface area contributed by atoms with Crippen molar-refractivity contribution in [2.45, 2.75) is 13.3 Å². The quantitative estimate of drug-likeness (QED) is 0.679. The van der Waals surface area contributed by atoms with Gasteiger partial charge in [0, 0.05) is 5.56 Å². The second-order valence-electron chi connectivity index (χ2n) is 2.39. The third-order valence-electron chi connectivity index (χ3n) is 1.51. The van der Waals surface area contributed by atoms with Crippen molar-refractivity contribution < 1.29 is 0 Å². The zero-order valence-corrected chi connectivity index (χ0v) is 7.20. The first-order valence-corrected chi connectivity index (χ1v) is 3.99. The first-order valence-electron chi connectivity index (χ1n) is 3.99. The van der Waals surface area contributed by atoms with Gasteiger partial charge in [-0.05, 0) is 18.6 Å². The molecule has 1 rings (SSSR count). The van der Waals surface area contributed by atoms with Gasteiger partial charge in [-0.3, -0.25) is 0 Å². The predicted octanol–water partition coefficient (Wildman–Crippen LogP) is 2.54. The third kappa shape index (κ3) is 2.02. The highest BCUT2D eigenvalue weighted by molar-refractivity contribution is 5.60. The van der Waals surface area contributed by atoms with Crippen LogP contribution in [0.5, 0.6) is 0 Å². The Morgan fingerprint density at radius 1 is 1.58 bits per heavy atom. The topological polar surface area (TPSA) is 25.8 Å². The average Bonchev–Trinajstić information content (AvgIpc) is 2.15. The summed E-state index contributed by atoms with van der Waals surface area (Å²) in [7, 11) is 0. The van der Waals surface area contributed by atoms with E-state index in [1.807, 2.05) is 12.1 Å². The highest BCUT2D eigenvalue weighted by Crippen LogP contribution is 2.07. The van der Waals surface area contributed by atoms with Gasteiger partial charge in [0.15, 0.2) is 0 Å². The Balaban J connectivity index is 2.96. The molecule has 0 fully saturated rings. The van der Waals surface area contributed by atoms with E-state index < -0.39 is 0 Å². The van der Waals surface area contributed by atoms with Crippen LogP contribution >= 0.6 is 0 Å². The summed E-state index contributed by atoms with van der Waals surface area (Å²) < 4.78 is 0. The molecule has 62 valence electrons. The lowest BCUT2D eigenvalue weighted by atomic mass is 10.2. The maximum atomic E-state index is 3.93. The van der Waals surface area contributed by atoms with Crippen molar-refractivity contribution in [1.82, 2.24) is 10.2 Å². The first-order chi connectivity index (χ1) is 5.88. The predicted molar refractivity (Wildman–Crippen MR) is 51.4 cm³/mol. The maximum absolute atomic E-state index is 3.93. The van der Waals surface area contributed by atoms with Gasteiger partial charge in [-0.1, -0.05) is 25.7 Å².